The molecule has 0 saturated carbocycles. The number of methoxy groups -OCH3 is 2. The van der Waals surface area contributed by atoms with Crippen LogP contribution >= 0.6 is 11.6 Å². The van der Waals surface area contributed by atoms with Crippen molar-refractivity contribution in [1.29, 1.82) is 0 Å². The molecule has 0 bridgehead atoms. The van der Waals surface area contributed by atoms with Gasteiger partial charge in [0.2, 0.25) is 5.91 Å². The molecule has 0 spiro atoms. The zero-order chi connectivity index (χ0) is 23.5. The minimum atomic E-state index is -0.0543. The topological polar surface area (TPSA) is 71.1 Å². The molecule has 7 nitrogen and oxygen atoms in total. The number of hydrogen-bond acceptors (Lipinski definition) is 5. The molecule has 0 aliphatic carbocycles. The first-order chi connectivity index (χ1) is 15.9. The third kappa shape index (κ3) is 5.09. The van der Waals surface area contributed by atoms with E-state index in [1.54, 1.807) is 32.4 Å². The van der Waals surface area contributed by atoms with Crippen LogP contribution in [0.1, 0.15) is 22.3 Å². The fraction of sp³-hybridized carbons (Fsp3) is 0.440. The smallest absolute Gasteiger partial charge is 0.261 e. The summed E-state index contributed by atoms with van der Waals surface area (Å²) in [6, 6.07) is 10.9. The summed E-state index contributed by atoms with van der Waals surface area (Å²) in [6.45, 7) is 5.82. The van der Waals surface area contributed by atoms with Gasteiger partial charge in [-0.2, -0.15) is 0 Å². The Morgan fingerprint density at radius 3 is 2.24 bits per heavy atom. The minimum absolute atomic E-state index is 0.0212. The largest absolute Gasteiger partial charge is 0.496 e. The number of aryl methyl sites for hydroxylation is 1. The molecule has 2 heterocycles. The monoisotopic (exact) mass is 471 g/mol. The highest BCUT2D eigenvalue weighted by atomic mass is 35.5. The fourth-order valence-electron chi connectivity index (χ4n) is 4.81. The van der Waals surface area contributed by atoms with Gasteiger partial charge >= 0.3 is 0 Å². The lowest BCUT2D eigenvalue weighted by Crippen LogP contribution is -2.34. The molecule has 2 aliphatic rings. The van der Waals surface area contributed by atoms with Gasteiger partial charge < -0.3 is 24.6 Å². The molecule has 2 aromatic carbocycles. The van der Waals surface area contributed by atoms with E-state index in [0.29, 0.717) is 60.0 Å². The number of carbonyl (C=O) groups excluding carboxylic acids is 2. The van der Waals surface area contributed by atoms with Crippen molar-refractivity contribution < 1.29 is 19.1 Å². The van der Waals surface area contributed by atoms with Crippen LogP contribution < -0.4 is 14.8 Å². The van der Waals surface area contributed by atoms with Crippen molar-refractivity contribution in [3.8, 4) is 11.5 Å². The molecule has 2 atom stereocenters. The molecule has 2 aromatic rings. The molecule has 2 unspecified atom stereocenters. The molecule has 0 aromatic heterocycles. The van der Waals surface area contributed by atoms with Crippen molar-refractivity contribution in [1.82, 2.24) is 9.80 Å². The number of anilines is 1. The molecule has 2 saturated heterocycles. The molecule has 2 amide bonds. The first-order valence-corrected chi connectivity index (χ1v) is 11.6. The van der Waals surface area contributed by atoms with Crippen molar-refractivity contribution in [3.63, 3.8) is 0 Å². The van der Waals surface area contributed by atoms with E-state index < -0.39 is 0 Å². The van der Waals surface area contributed by atoms with Crippen molar-refractivity contribution in [2.24, 2.45) is 11.8 Å². The molecular weight excluding hydrogens is 442 g/mol. The number of benzene rings is 2. The van der Waals surface area contributed by atoms with Crippen LogP contribution in [-0.2, 0) is 4.79 Å². The lowest BCUT2D eigenvalue weighted by Gasteiger charge is -2.23. The summed E-state index contributed by atoms with van der Waals surface area (Å²) in [4.78, 5) is 29.8. The quantitative estimate of drug-likeness (QED) is 0.666. The molecule has 1 N–H and O–H groups in total. The highest BCUT2D eigenvalue weighted by Gasteiger charge is 2.42. The Kier molecular flexibility index (Phi) is 7.10. The third-order valence-corrected chi connectivity index (χ3v) is 7.01. The van der Waals surface area contributed by atoms with Crippen molar-refractivity contribution in [3.05, 3.63) is 52.5 Å². The number of carbonyl (C=O) groups is 2. The van der Waals surface area contributed by atoms with E-state index in [1.165, 1.54) is 0 Å². The summed E-state index contributed by atoms with van der Waals surface area (Å²) < 4.78 is 10.8. The Labute approximate surface area is 199 Å². The fourth-order valence-corrected chi connectivity index (χ4v) is 4.99. The summed E-state index contributed by atoms with van der Waals surface area (Å²) in [5.41, 5.74) is 2.18. The summed E-state index contributed by atoms with van der Waals surface area (Å²) in [7, 11) is 3.12. The van der Waals surface area contributed by atoms with Gasteiger partial charge in [-0.25, -0.2) is 0 Å². The van der Waals surface area contributed by atoms with Gasteiger partial charge in [-0.1, -0.05) is 23.7 Å². The molecule has 176 valence electrons. The molecular formula is C25H30ClN3O4. The predicted molar refractivity (Wildman–Crippen MR) is 128 cm³/mol. The van der Waals surface area contributed by atoms with Crippen LogP contribution in [0.5, 0.6) is 11.5 Å². The number of likely N-dealkylation sites (tertiary alicyclic amines) is 2. The molecule has 4 rings (SSSR count). The average Bonchev–Trinajstić information content (AvgIpc) is 3.38. The molecule has 0 radical (unpaired) electrons. The van der Waals surface area contributed by atoms with Crippen molar-refractivity contribution in [2.45, 2.75) is 13.3 Å². The highest BCUT2D eigenvalue weighted by molar-refractivity contribution is 6.31. The lowest BCUT2D eigenvalue weighted by atomic mass is 10.0. The number of hydrogen-bond donors (Lipinski definition) is 1. The van der Waals surface area contributed by atoms with Gasteiger partial charge in [0, 0.05) is 49.9 Å². The van der Waals surface area contributed by atoms with E-state index in [1.807, 2.05) is 30.0 Å². The van der Waals surface area contributed by atoms with E-state index in [-0.39, 0.29) is 11.8 Å². The van der Waals surface area contributed by atoms with Gasteiger partial charge in [-0.3, -0.25) is 9.59 Å². The molecule has 8 heteroatoms. The number of fused-ring (bicyclic) bond motifs is 1. The highest BCUT2D eigenvalue weighted by Crippen LogP contribution is 2.35. The number of nitrogens with zero attached hydrogens (tertiary/aromatic N) is 2. The van der Waals surface area contributed by atoms with Crippen LogP contribution in [0.2, 0.25) is 5.02 Å². The van der Waals surface area contributed by atoms with Gasteiger partial charge in [0.05, 0.1) is 14.2 Å². The molecule has 2 fully saturated rings. The number of halogens is 1. The van der Waals surface area contributed by atoms with Crippen LogP contribution in [0.3, 0.4) is 0 Å². The second-order valence-corrected chi connectivity index (χ2v) is 9.20. The van der Waals surface area contributed by atoms with Crippen LogP contribution in [0, 0.1) is 18.8 Å². The Morgan fingerprint density at radius 1 is 1.03 bits per heavy atom. The molecule has 33 heavy (non-hydrogen) atoms. The third-order valence-electron chi connectivity index (χ3n) is 6.60. The number of nitrogens with one attached hydrogen (secondary N) is 1. The number of ether oxygens (including phenoxy) is 2. The van der Waals surface area contributed by atoms with Gasteiger partial charge in [-0.15, -0.1) is 0 Å². The van der Waals surface area contributed by atoms with Gasteiger partial charge in [0.25, 0.3) is 5.91 Å². The van der Waals surface area contributed by atoms with E-state index in [4.69, 9.17) is 21.1 Å². The van der Waals surface area contributed by atoms with Gasteiger partial charge in [0.15, 0.2) is 0 Å². The van der Waals surface area contributed by atoms with E-state index >= 15 is 0 Å². The number of amides is 2. The van der Waals surface area contributed by atoms with E-state index in [2.05, 4.69) is 10.2 Å². The Hall–Kier alpha value is -2.77. The number of rotatable bonds is 7. The average molecular weight is 472 g/mol. The predicted octanol–water partition coefficient (Wildman–Crippen LogP) is 3.70. The van der Waals surface area contributed by atoms with Gasteiger partial charge in [-0.05, 0) is 48.6 Å². The normalized spacial score (nSPS) is 19.9. The maximum atomic E-state index is 13.2. The van der Waals surface area contributed by atoms with Crippen LogP contribution in [0.4, 0.5) is 5.69 Å². The lowest BCUT2D eigenvalue weighted by molar-refractivity contribution is -0.116. The summed E-state index contributed by atoms with van der Waals surface area (Å²) >= 11 is 6.14. The SMILES string of the molecule is COc1cccc(OC)c1C(=O)N1CC2CN(CCC(=O)Nc3ccc(C)c(Cl)c3)CC2C1. The standard InChI is InChI=1S/C25H30ClN3O4/c1-16-7-8-19(11-20(16)26)27-23(30)9-10-28-12-17-14-29(15-18(17)13-28)25(31)24-21(32-2)5-4-6-22(24)33-3/h4-8,11,17-18H,9-10,12-15H2,1-3H3,(H,27,30). The van der Waals surface area contributed by atoms with Crippen LogP contribution in [0.15, 0.2) is 36.4 Å². The summed E-state index contributed by atoms with van der Waals surface area (Å²) in [6.07, 6.45) is 0.423. The van der Waals surface area contributed by atoms with Crippen molar-refractivity contribution in [2.75, 3.05) is 52.3 Å². The van der Waals surface area contributed by atoms with E-state index in [9.17, 15) is 9.59 Å². The van der Waals surface area contributed by atoms with E-state index in [0.717, 1.165) is 24.3 Å². The minimum Gasteiger partial charge on any atom is -0.496 e. The Balaban J connectivity index is 1.29. The first kappa shape index (κ1) is 23.4. The van der Waals surface area contributed by atoms with Crippen LogP contribution in [-0.4, -0.2) is 68.6 Å². The Bertz CT molecular complexity index is 1010. The molecule has 2 aliphatic heterocycles. The summed E-state index contributed by atoms with van der Waals surface area (Å²) in [5, 5.41) is 3.56. The first-order valence-electron chi connectivity index (χ1n) is 11.2. The maximum Gasteiger partial charge on any atom is 0.261 e. The van der Waals surface area contributed by atoms with Crippen LogP contribution in [0.25, 0.3) is 0 Å². The Morgan fingerprint density at radius 2 is 1.67 bits per heavy atom. The summed E-state index contributed by atoms with van der Waals surface area (Å²) in [5.74, 6) is 1.80. The van der Waals surface area contributed by atoms with Crippen molar-refractivity contribution >= 4 is 29.1 Å². The maximum absolute atomic E-state index is 13.2. The zero-order valence-electron chi connectivity index (χ0n) is 19.3. The second kappa shape index (κ2) is 10.0. The van der Waals surface area contributed by atoms with Gasteiger partial charge in [0.1, 0.15) is 17.1 Å². The zero-order valence-corrected chi connectivity index (χ0v) is 20.0. The second-order valence-electron chi connectivity index (χ2n) is 8.79.